The Morgan fingerprint density at radius 1 is 1.26 bits per heavy atom. The van der Waals surface area contributed by atoms with E-state index in [0.29, 0.717) is 18.6 Å². The molecule has 164 valence electrons. The van der Waals surface area contributed by atoms with Crippen molar-refractivity contribution in [3.8, 4) is 5.75 Å². The highest BCUT2D eigenvalue weighted by atomic mass is 32.2. The topological polar surface area (TPSA) is 58.9 Å². The summed E-state index contributed by atoms with van der Waals surface area (Å²) in [7, 11) is 0. The second-order valence-electron chi connectivity index (χ2n) is 8.44. The van der Waals surface area contributed by atoms with E-state index in [2.05, 4.69) is 28.0 Å². The van der Waals surface area contributed by atoms with Gasteiger partial charge in [0.05, 0.1) is 17.6 Å². The van der Waals surface area contributed by atoms with Crippen molar-refractivity contribution in [2.45, 2.75) is 30.6 Å². The van der Waals surface area contributed by atoms with Crippen molar-refractivity contribution in [3.05, 3.63) is 63.5 Å². The Balaban J connectivity index is 1.20. The number of rotatable bonds is 6. The predicted octanol–water partition coefficient (Wildman–Crippen LogP) is 4.43. The quantitative estimate of drug-likeness (QED) is 0.374. The number of anilines is 1. The molecule has 5 rings (SSSR count). The van der Waals surface area contributed by atoms with Crippen molar-refractivity contribution in [2.24, 2.45) is 0 Å². The van der Waals surface area contributed by atoms with Crippen molar-refractivity contribution in [3.63, 3.8) is 0 Å². The van der Waals surface area contributed by atoms with Crippen LogP contribution in [0, 0.1) is 15.9 Å². The molecule has 0 saturated carbocycles. The highest BCUT2D eigenvalue weighted by Gasteiger charge is 2.42. The van der Waals surface area contributed by atoms with E-state index in [0.717, 1.165) is 50.8 Å². The molecule has 1 fully saturated rings. The van der Waals surface area contributed by atoms with Gasteiger partial charge in [-0.05, 0) is 36.1 Å². The third kappa shape index (κ3) is 3.99. The highest BCUT2D eigenvalue weighted by Crippen LogP contribution is 2.48. The molecule has 0 aliphatic carbocycles. The summed E-state index contributed by atoms with van der Waals surface area (Å²) in [5.74, 6) is 2.34. The monoisotopic (exact) mass is 443 g/mol. The second kappa shape index (κ2) is 8.67. The van der Waals surface area contributed by atoms with Gasteiger partial charge in [0.25, 0.3) is 0 Å². The zero-order chi connectivity index (χ0) is 21.4. The maximum Gasteiger partial charge on any atom is 0.313 e. The Morgan fingerprint density at radius 2 is 2.16 bits per heavy atom. The summed E-state index contributed by atoms with van der Waals surface area (Å²) in [6.45, 7) is 4.51. The van der Waals surface area contributed by atoms with Gasteiger partial charge in [0.1, 0.15) is 5.82 Å². The van der Waals surface area contributed by atoms with E-state index >= 15 is 0 Å². The Labute approximate surface area is 185 Å². The SMILES string of the molecule is O=[N+]([O-])c1cc(F)ccc1OCCCN1CCC2C(C1)c1cccc3c1N2CCSC3. The van der Waals surface area contributed by atoms with Gasteiger partial charge in [-0.2, -0.15) is 11.8 Å². The molecule has 1 saturated heterocycles. The van der Waals surface area contributed by atoms with Gasteiger partial charge < -0.3 is 14.5 Å². The van der Waals surface area contributed by atoms with Crippen molar-refractivity contribution in [1.82, 2.24) is 4.90 Å². The number of halogens is 1. The lowest BCUT2D eigenvalue weighted by molar-refractivity contribution is -0.386. The molecule has 3 aliphatic rings. The molecule has 0 amide bonds. The van der Waals surface area contributed by atoms with E-state index in [4.69, 9.17) is 4.74 Å². The predicted molar refractivity (Wildman–Crippen MR) is 121 cm³/mol. The molecule has 6 nitrogen and oxygen atoms in total. The van der Waals surface area contributed by atoms with E-state index in [1.807, 2.05) is 11.8 Å². The number of likely N-dealkylation sites (tertiary alicyclic amines) is 1. The van der Waals surface area contributed by atoms with Crippen LogP contribution in [0.5, 0.6) is 5.75 Å². The number of hydrogen-bond donors (Lipinski definition) is 0. The molecule has 0 aromatic heterocycles. The van der Waals surface area contributed by atoms with Crippen LogP contribution in [0.3, 0.4) is 0 Å². The number of hydrogen-bond acceptors (Lipinski definition) is 6. The lowest BCUT2D eigenvalue weighted by atomic mass is 9.88. The second-order valence-corrected chi connectivity index (χ2v) is 9.54. The molecule has 0 N–H and O–H groups in total. The Morgan fingerprint density at radius 3 is 3.03 bits per heavy atom. The molecule has 2 aromatic rings. The first-order valence-electron chi connectivity index (χ1n) is 10.9. The number of nitro benzene ring substituents is 1. The summed E-state index contributed by atoms with van der Waals surface area (Å²) >= 11 is 2.03. The van der Waals surface area contributed by atoms with Crippen molar-refractivity contribution in [1.29, 1.82) is 0 Å². The number of para-hydroxylation sites is 1. The van der Waals surface area contributed by atoms with Crippen LogP contribution in [0.1, 0.15) is 29.9 Å². The summed E-state index contributed by atoms with van der Waals surface area (Å²) in [6, 6.07) is 10.8. The van der Waals surface area contributed by atoms with Crippen LogP contribution in [0.25, 0.3) is 0 Å². The number of benzene rings is 2. The van der Waals surface area contributed by atoms with Gasteiger partial charge in [0, 0.05) is 55.3 Å². The largest absolute Gasteiger partial charge is 0.487 e. The number of nitrogens with zero attached hydrogens (tertiary/aromatic N) is 3. The number of thioether (sulfide) groups is 1. The van der Waals surface area contributed by atoms with Crippen LogP contribution in [0.4, 0.5) is 15.8 Å². The third-order valence-electron chi connectivity index (χ3n) is 6.63. The van der Waals surface area contributed by atoms with Crippen LogP contribution in [0.15, 0.2) is 36.4 Å². The molecular formula is C23H26FN3O3S. The van der Waals surface area contributed by atoms with Crippen molar-refractivity contribution >= 4 is 23.1 Å². The zero-order valence-electron chi connectivity index (χ0n) is 17.3. The van der Waals surface area contributed by atoms with Gasteiger partial charge in [0.15, 0.2) is 5.75 Å². The summed E-state index contributed by atoms with van der Waals surface area (Å²) in [6.07, 6.45) is 1.94. The fraction of sp³-hybridized carbons (Fsp3) is 0.478. The minimum Gasteiger partial charge on any atom is -0.487 e. The maximum atomic E-state index is 13.3. The van der Waals surface area contributed by atoms with E-state index in [9.17, 15) is 14.5 Å². The third-order valence-corrected chi connectivity index (χ3v) is 7.61. The fourth-order valence-electron chi connectivity index (χ4n) is 5.28. The van der Waals surface area contributed by atoms with Gasteiger partial charge in [-0.3, -0.25) is 10.1 Å². The van der Waals surface area contributed by atoms with Crippen LogP contribution in [0.2, 0.25) is 0 Å². The average molecular weight is 444 g/mol. The first-order chi connectivity index (χ1) is 15.1. The summed E-state index contributed by atoms with van der Waals surface area (Å²) in [5, 5.41) is 11.1. The zero-order valence-corrected chi connectivity index (χ0v) is 18.2. The maximum absolute atomic E-state index is 13.3. The van der Waals surface area contributed by atoms with Crippen molar-refractivity contribution in [2.75, 3.05) is 43.4 Å². The number of nitro groups is 1. The molecule has 8 heteroatoms. The molecule has 31 heavy (non-hydrogen) atoms. The summed E-state index contributed by atoms with van der Waals surface area (Å²) in [5.41, 5.74) is 4.17. The summed E-state index contributed by atoms with van der Waals surface area (Å²) < 4.78 is 18.9. The summed E-state index contributed by atoms with van der Waals surface area (Å²) in [4.78, 5) is 15.7. The smallest absolute Gasteiger partial charge is 0.313 e. The lowest BCUT2D eigenvalue weighted by Crippen LogP contribution is -2.47. The van der Waals surface area contributed by atoms with E-state index in [1.165, 1.54) is 34.7 Å². The first kappa shape index (κ1) is 20.6. The average Bonchev–Trinajstić information content (AvgIpc) is 2.92. The number of piperidine rings is 1. The first-order valence-corrected chi connectivity index (χ1v) is 12.0. The molecule has 0 bridgehead atoms. The number of fused-ring (bicyclic) bond motifs is 3. The van der Waals surface area contributed by atoms with Gasteiger partial charge in [0.2, 0.25) is 0 Å². The molecule has 0 spiro atoms. The van der Waals surface area contributed by atoms with Crippen LogP contribution >= 0.6 is 11.8 Å². The molecule has 3 heterocycles. The van der Waals surface area contributed by atoms with Crippen LogP contribution < -0.4 is 9.64 Å². The minimum absolute atomic E-state index is 0.130. The molecular weight excluding hydrogens is 417 g/mol. The van der Waals surface area contributed by atoms with Crippen LogP contribution in [-0.2, 0) is 5.75 Å². The standard InChI is InChI=1S/C23H26FN3O3S/c24-17-5-6-22(21(13-17)27(28)29)30-11-2-8-25-9-7-20-19(14-25)18-4-1-3-16-15-31-12-10-26(20)23(16)18/h1,3-6,13,19-20H,2,7-12,14-15H2. The van der Waals surface area contributed by atoms with Crippen LogP contribution in [-0.4, -0.2) is 54.4 Å². The van der Waals surface area contributed by atoms with Gasteiger partial charge in [-0.15, -0.1) is 0 Å². The minimum atomic E-state index is -0.630. The Kier molecular flexibility index (Phi) is 5.75. The van der Waals surface area contributed by atoms with Gasteiger partial charge in [-0.25, -0.2) is 4.39 Å². The molecule has 2 atom stereocenters. The highest BCUT2D eigenvalue weighted by molar-refractivity contribution is 7.98. The molecule has 2 aromatic carbocycles. The van der Waals surface area contributed by atoms with Gasteiger partial charge in [-0.1, -0.05) is 18.2 Å². The van der Waals surface area contributed by atoms with E-state index in [1.54, 1.807) is 0 Å². The Bertz CT molecular complexity index is 989. The molecule has 2 unspecified atom stereocenters. The van der Waals surface area contributed by atoms with Gasteiger partial charge >= 0.3 is 5.69 Å². The van der Waals surface area contributed by atoms with Crippen molar-refractivity contribution < 1.29 is 14.1 Å². The molecule has 0 radical (unpaired) electrons. The Hall–Kier alpha value is -2.32. The lowest BCUT2D eigenvalue weighted by Gasteiger charge is -2.39. The molecule has 3 aliphatic heterocycles. The fourth-order valence-corrected chi connectivity index (χ4v) is 6.20. The normalized spacial score (nSPS) is 22.5. The van der Waals surface area contributed by atoms with E-state index < -0.39 is 10.7 Å². The number of ether oxygens (including phenoxy) is 1. The van der Waals surface area contributed by atoms with E-state index in [-0.39, 0.29) is 11.4 Å².